The van der Waals surface area contributed by atoms with Crippen molar-refractivity contribution in [1.82, 2.24) is 0 Å². The predicted molar refractivity (Wildman–Crippen MR) is 112 cm³/mol. The second-order valence-corrected chi connectivity index (χ2v) is 7.12. The summed E-state index contributed by atoms with van der Waals surface area (Å²) in [6.07, 6.45) is 0. The molecule has 26 heavy (non-hydrogen) atoms. The number of aryl methyl sites for hydroxylation is 1. The second kappa shape index (κ2) is 8.12. The highest BCUT2D eigenvalue weighted by Crippen LogP contribution is 2.36. The predicted octanol–water partition coefficient (Wildman–Crippen LogP) is 5.32. The second-order valence-electron chi connectivity index (χ2n) is 5.66. The van der Waals surface area contributed by atoms with E-state index in [0.717, 1.165) is 21.7 Å². The Kier molecular flexibility index (Phi) is 5.65. The van der Waals surface area contributed by atoms with Crippen LogP contribution in [0, 0.1) is 6.92 Å². The smallest absolute Gasteiger partial charge is 0.340 e. The number of thiophene rings is 1. The van der Waals surface area contributed by atoms with Gasteiger partial charge in [0.2, 0.25) is 0 Å². The number of methoxy groups -OCH3 is 1. The Labute approximate surface area is 161 Å². The van der Waals surface area contributed by atoms with E-state index in [9.17, 15) is 4.79 Å². The standard InChI is InChI=1S/C20H18N2O2S2/c1-13-7-6-10-15(11-13)21-20(25)22-18-16(19(23)24-2)12-17(26-18)14-8-4-3-5-9-14/h3-12H,1-2H3,(H2,21,22,25). The van der Waals surface area contributed by atoms with E-state index in [0.29, 0.717) is 15.7 Å². The Morgan fingerprint density at radius 1 is 1.04 bits per heavy atom. The fourth-order valence-electron chi connectivity index (χ4n) is 2.48. The highest BCUT2D eigenvalue weighted by Gasteiger charge is 2.18. The van der Waals surface area contributed by atoms with E-state index in [1.54, 1.807) is 0 Å². The molecule has 4 nitrogen and oxygen atoms in total. The topological polar surface area (TPSA) is 50.4 Å². The third-order valence-electron chi connectivity index (χ3n) is 3.70. The number of carbonyl (C=O) groups is 1. The van der Waals surface area contributed by atoms with Crippen LogP contribution in [0.4, 0.5) is 10.7 Å². The maximum absolute atomic E-state index is 12.1. The maximum atomic E-state index is 12.1. The molecule has 0 aliphatic rings. The molecule has 1 heterocycles. The van der Waals surface area contributed by atoms with Gasteiger partial charge in [-0.3, -0.25) is 0 Å². The Balaban J connectivity index is 1.84. The van der Waals surface area contributed by atoms with Gasteiger partial charge in [-0.1, -0.05) is 42.5 Å². The van der Waals surface area contributed by atoms with Crippen LogP contribution in [0.5, 0.6) is 0 Å². The zero-order valence-corrected chi connectivity index (χ0v) is 16.0. The van der Waals surface area contributed by atoms with Crippen LogP contribution in [-0.4, -0.2) is 18.2 Å². The first-order valence-corrected chi connectivity index (χ1v) is 9.21. The lowest BCUT2D eigenvalue weighted by molar-refractivity contribution is 0.0602. The van der Waals surface area contributed by atoms with Crippen molar-refractivity contribution in [2.45, 2.75) is 6.92 Å². The van der Waals surface area contributed by atoms with Crippen molar-refractivity contribution in [2.75, 3.05) is 17.7 Å². The normalized spacial score (nSPS) is 10.2. The van der Waals surface area contributed by atoms with Crippen LogP contribution < -0.4 is 10.6 Å². The van der Waals surface area contributed by atoms with Crippen LogP contribution in [0.1, 0.15) is 15.9 Å². The van der Waals surface area contributed by atoms with Gasteiger partial charge in [0.15, 0.2) is 5.11 Å². The lowest BCUT2D eigenvalue weighted by atomic mass is 10.1. The van der Waals surface area contributed by atoms with Gasteiger partial charge in [-0.15, -0.1) is 11.3 Å². The Bertz CT molecular complexity index is 936. The number of nitrogens with one attached hydrogen (secondary N) is 2. The Morgan fingerprint density at radius 2 is 1.81 bits per heavy atom. The summed E-state index contributed by atoms with van der Waals surface area (Å²) in [5.41, 5.74) is 3.52. The van der Waals surface area contributed by atoms with Crippen molar-refractivity contribution in [1.29, 1.82) is 0 Å². The van der Waals surface area contributed by atoms with E-state index >= 15 is 0 Å². The quantitative estimate of drug-likeness (QED) is 0.472. The van der Waals surface area contributed by atoms with Crippen molar-refractivity contribution < 1.29 is 9.53 Å². The zero-order valence-electron chi connectivity index (χ0n) is 14.4. The molecule has 0 aliphatic heterocycles. The fourth-order valence-corrected chi connectivity index (χ4v) is 3.82. The summed E-state index contributed by atoms with van der Waals surface area (Å²) in [6.45, 7) is 2.02. The van der Waals surface area contributed by atoms with Gasteiger partial charge < -0.3 is 15.4 Å². The first kappa shape index (κ1) is 18.1. The SMILES string of the molecule is COC(=O)c1cc(-c2ccccc2)sc1NC(=S)Nc1cccc(C)c1. The number of esters is 1. The summed E-state index contributed by atoms with van der Waals surface area (Å²) < 4.78 is 4.91. The molecule has 0 spiro atoms. The minimum Gasteiger partial charge on any atom is -0.465 e. The molecule has 0 saturated carbocycles. The van der Waals surface area contributed by atoms with E-state index in [1.807, 2.05) is 67.6 Å². The molecule has 0 bridgehead atoms. The van der Waals surface area contributed by atoms with Crippen LogP contribution in [0.3, 0.4) is 0 Å². The number of ether oxygens (including phenoxy) is 1. The van der Waals surface area contributed by atoms with Crippen molar-refractivity contribution in [3.05, 3.63) is 71.8 Å². The average Bonchev–Trinajstić information content (AvgIpc) is 3.05. The monoisotopic (exact) mass is 382 g/mol. The number of thiocarbonyl (C=S) groups is 1. The molecule has 0 saturated heterocycles. The molecule has 0 fully saturated rings. The largest absolute Gasteiger partial charge is 0.465 e. The van der Waals surface area contributed by atoms with Crippen LogP contribution in [-0.2, 0) is 4.74 Å². The van der Waals surface area contributed by atoms with Gasteiger partial charge in [-0.05, 0) is 48.5 Å². The number of carbonyl (C=O) groups excluding carboxylic acids is 1. The average molecular weight is 383 g/mol. The van der Waals surface area contributed by atoms with E-state index in [2.05, 4.69) is 10.6 Å². The Morgan fingerprint density at radius 3 is 2.50 bits per heavy atom. The summed E-state index contributed by atoms with van der Waals surface area (Å²) >= 11 is 6.86. The first-order chi connectivity index (χ1) is 12.6. The van der Waals surface area contributed by atoms with Gasteiger partial charge >= 0.3 is 5.97 Å². The maximum Gasteiger partial charge on any atom is 0.340 e. The van der Waals surface area contributed by atoms with Crippen molar-refractivity contribution >= 4 is 45.3 Å². The third kappa shape index (κ3) is 4.28. The van der Waals surface area contributed by atoms with Crippen molar-refractivity contribution in [3.8, 4) is 10.4 Å². The summed E-state index contributed by atoms with van der Waals surface area (Å²) in [5.74, 6) is -0.399. The molecule has 0 amide bonds. The lowest BCUT2D eigenvalue weighted by Crippen LogP contribution is -2.19. The van der Waals surface area contributed by atoms with Gasteiger partial charge in [0.1, 0.15) is 5.00 Å². The molecule has 2 N–H and O–H groups in total. The molecule has 0 radical (unpaired) electrons. The summed E-state index contributed by atoms with van der Waals surface area (Å²) in [7, 11) is 1.37. The van der Waals surface area contributed by atoms with Crippen LogP contribution in [0.25, 0.3) is 10.4 Å². The van der Waals surface area contributed by atoms with E-state index < -0.39 is 5.97 Å². The summed E-state index contributed by atoms with van der Waals surface area (Å²) in [4.78, 5) is 13.1. The van der Waals surface area contributed by atoms with Crippen LogP contribution >= 0.6 is 23.6 Å². The molecule has 0 unspecified atom stereocenters. The fraction of sp³-hybridized carbons (Fsp3) is 0.100. The van der Waals surface area contributed by atoms with Crippen molar-refractivity contribution in [2.24, 2.45) is 0 Å². The lowest BCUT2D eigenvalue weighted by Gasteiger charge is -2.10. The van der Waals surface area contributed by atoms with Crippen LogP contribution in [0.15, 0.2) is 60.7 Å². The molecular weight excluding hydrogens is 364 g/mol. The minimum atomic E-state index is -0.399. The molecule has 3 aromatic rings. The minimum absolute atomic E-state index is 0.399. The summed E-state index contributed by atoms with van der Waals surface area (Å²) in [6, 6.07) is 19.6. The van der Waals surface area contributed by atoms with Gasteiger partial charge in [0, 0.05) is 10.6 Å². The molecule has 6 heteroatoms. The zero-order chi connectivity index (χ0) is 18.5. The number of hydrogen-bond acceptors (Lipinski definition) is 4. The van der Waals surface area contributed by atoms with Gasteiger partial charge in [0.05, 0.1) is 12.7 Å². The van der Waals surface area contributed by atoms with Gasteiger partial charge in [-0.25, -0.2) is 4.79 Å². The number of hydrogen-bond donors (Lipinski definition) is 2. The van der Waals surface area contributed by atoms with E-state index in [-0.39, 0.29) is 0 Å². The van der Waals surface area contributed by atoms with Crippen molar-refractivity contribution in [3.63, 3.8) is 0 Å². The summed E-state index contributed by atoms with van der Waals surface area (Å²) in [5, 5.41) is 7.33. The highest BCUT2D eigenvalue weighted by molar-refractivity contribution is 7.80. The third-order valence-corrected chi connectivity index (χ3v) is 5.00. The molecule has 0 aliphatic carbocycles. The van der Waals surface area contributed by atoms with E-state index in [1.165, 1.54) is 18.4 Å². The molecule has 1 aromatic heterocycles. The highest BCUT2D eigenvalue weighted by atomic mass is 32.1. The van der Waals surface area contributed by atoms with Gasteiger partial charge in [-0.2, -0.15) is 0 Å². The molecule has 132 valence electrons. The van der Waals surface area contributed by atoms with Gasteiger partial charge in [0.25, 0.3) is 0 Å². The van der Waals surface area contributed by atoms with Crippen LogP contribution in [0.2, 0.25) is 0 Å². The Hall–Kier alpha value is -2.70. The molecule has 3 rings (SSSR count). The number of anilines is 2. The molecule has 0 atom stereocenters. The number of benzene rings is 2. The van der Waals surface area contributed by atoms with E-state index in [4.69, 9.17) is 17.0 Å². The molecule has 2 aromatic carbocycles. The first-order valence-electron chi connectivity index (χ1n) is 7.99. The number of rotatable bonds is 4. The molecular formula is C20H18N2O2S2.